The van der Waals surface area contributed by atoms with Crippen LogP contribution >= 0.6 is 11.6 Å². The number of nitrogens with one attached hydrogen (secondary N) is 2. The molecule has 0 saturated carbocycles. The lowest BCUT2D eigenvalue weighted by Gasteiger charge is -2.26. The van der Waals surface area contributed by atoms with Crippen LogP contribution in [0.4, 0.5) is 11.9 Å². The highest BCUT2D eigenvalue weighted by Crippen LogP contribution is 2.18. The highest BCUT2D eigenvalue weighted by atomic mass is 35.5. The molecule has 118 valence electrons. The molecule has 1 fully saturated rings. The van der Waals surface area contributed by atoms with E-state index < -0.39 is 10.0 Å². The van der Waals surface area contributed by atoms with E-state index in [1.54, 1.807) is 0 Å². The van der Waals surface area contributed by atoms with E-state index in [1.165, 1.54) is 6.42 Å². The number of hydrogen-bond donors (Lipinski definition) is 2. The maximum atomic E-state index is 10.9. The normalized spacial score (nSPS) is 16.0. The Morgan fingerprint density at radius 1 is 1.14 bits per heavy atom. The second kappa shape index (κ2) is 7.19. The third-order valence-corrected chi connectivity index (χ3v) is 3.91. The average Bonchev–Trinajstić information content (AvgIpc) is 2.43. The number of aromatic nitrogens is 3. The Balaban J connectivity index is 1.95. The van der Waals surface area contributed by atoms with Gasteiger partial charge in [-0.3, -0.25) is 0 Å². The molecule has 1 saturated heterocycles. The van der Waals surface area contributed by atoms with E-state index in [4.69, 9.17) is 11.6 Å². The van der Waals surface area contributed by atoms with E-state index in [1.807, 2.05) is 0 Å². The van der Waals surface area contributed by atoms with Crippen LogP contribution in [-0.2, 0) is 10.0 Å². The fourth-order valence-electron chi connectivity index (χ4n) is 2.06. The molecule has 0 radical (unpaired) electrons. The van der Waals surface area contributed by atoms with E-state index in [0.29, 0.717) is 18.4 Å². The van der Waals surface area contributed by atoms with Gasteiger partial charge in [0.2, 0.25) is 27.2 Å². The maximum absolute atomic E-state index is 10.9. The van der Waals surface area contributed by atoms with Gasteiger partial charge in [0.25, 0.3) is 0 Å². The zero-order valence-electron chi connectivity index (χ0n) is 11.8. The lowest BCUT2D eigenvalue weighted by atomic mass is 10.1. The van der Waals surface area contributed by atoms with Crippen LogP contribution in [0, 0.1) is 0 Å². The van der Waals surface area contributed by atoms with Crippen LogP contribution in [0.25, 0.3) is 0 Å². The Labute approximate surface area is 129 Å². The molecule has 2 heterocycles. The summed E-state index contributed by atoms with van der Waals surface area (Å²) in [7, 11) is -3.19. The van der Waals surface area contributed by atoms with Crippen molar-refractivity contribution in [2.45, 2.75) is 19.3 Å². The van der Waals surface area contributed by atoms with Crippen molar-refractivity contribution in [3.63, 3.8) is 0 Å². The van der Waals surface area contributed by atoms with Crippen molar-refractivity contribution in [3.8, 4) is 0 Å². The molecule has 2 rings (SSSR count). The first-order valence-electron chi connectivity index (χ1n) is 6.79. The molecule has 2 N–H and O–H groups in total. The van der Waals surface area contributed by atoms with E-state index in [-0.39, 0.29) is 11.8 Å². The second-order valence-corrected chi connectivity index (χ2v) is 7.04. The summed E-state index contributed by atoms with van der Waals surface area (Å²) in [5, 5.41) is 3.07. The van der Waals surface area contributed by atoms with Gasteiger partial charge in [0.05, 0.1) is 6.26 Å². The van der Waals surface area contributed by atoms with Gasteiger partial charge in [-0.05, 0) is 30.9 Å². The summed E-state index contributed by atoms with van der Waals surface area (Å²) in [5.41, 5.74) is 0. The molecule has 21 heavy (non-hydrogen) atoms. The van der Waals surface area contributed by atoms with Crippen molar-refractivity contribution in [1.29, 1.82) is 0 Å². The van der Waals surface area contributed by atoms with Crippen LogP contribution in [0.5, 0.6) is 0 Å². The molecule has 1 aromatic rings. The molecule has 0 spiro atoms. The maximum Gasteiger partial charge on any atom is 0.231 e. The summed E-state index contributed by atoms with van der Waals surface area (Å²) in [6.45, 7) is 2.44. The molecule has 10 heteroatoms. The molecule has 0 aliphatic carbocycles. The van der Waals surface area contributed by atoms with Crippen LogP contribution in [0.3, 0.4) is 0 Å². The Bertz CT molecular complexity index is 576. The number of piperidine rings is 1. The van der Waals surface area contributed by atoms with Gasteiger partial charge in [-0.1, -0.05) is 0 Å². The van der Waals surface area contributed by atoms with Crippen molar-refractivity contribution in [2.75, 3.05) is 42.7 Å². The van der Waals surface area contributed by atoms with Gasteiger partial charge in [-0.2, -0.15) is 15.0 Å². The Morgan fingerprint density at radius 2 is 1.86 bits per heavy atom. The van der Waals surface area contributed by atoms with Crippen LogP contribution in [0.2, 0.25) is 5.28 Å². The lowest BCUT2D eigenvalue weighted by Crippen LogP contribution is -2.31. The SMILES string of the molecule is CS(=O)(=O)NCCNc1nc(Cl)nc(N2CCCCC2)n1. The van der Waals surface area contributed by atoms with Gasteiger partial charge in [0, 0.05) is 26.2 Å². The molecule has 8 nitrogen and oxygen atoms in total. The summed E-state index contributed by atoms with van der Waals surface area (Å²) >= 11 is 5.91. The Kier molecular flexibility index (Phi) is 5.54. The number of rotatable bonds is 6. The number of hydrogen-bond acceptors (Lipinski definition) is 7. The van der Waals surface area contributed by atoms with Crippen LogP contribution < -0.4 is 14.9 Å². The molecule has 1 aliphatic heterocycles. The first-order chi connectivity index (χ1) is 9.94. The first kappa shape index (κ1) is 16.2. The first-order valence-corrected chi connectivity index (χ1v) is 9.06. The zero-order chi connectivity index (χ0) is 15.3. The van der Waals surface area contributed by atoms with Crippen LogP contribution in [0.1, 0.15) is 19.3 Å². The van der Waals surface area contributed by atoms with E-state index in [0.717, 1.165) is 32.2 Å². The van der Waals surface area contributed by atoms with E-state index in [9.17, 15) is 8.42 Å². The topological polar surface area (TPSA) is 100 Å². The molecule has 1 aliphatic rings. The van der Waals surface area contributed by atoms with E-state index in [2.05, 4.69) is 29.9 Å². The molecule has 1 aromatic heterocycles. The van der Waals surface area contributed by atoms with Gasteiger partial charge < -0.3 is 10.2 Å². The highest BCUT2D eigenvalue weighted by Gasteiger charge is 2.15. The molecule has 0 bridgehead atoms. The largest absolute Gasteiger partial charge is 0.353 e. The number of sulfonamides is 1. The predicted octanol–water partition coefficient (Wildman–Crippen LogP) is 0.476. The number of halogens is 1. The monoisotopic (exact) mass is 334 g/mol. The molecule has 0 aromatic carbocycles. The summed E-state index contributed by atoms with van der Waals surface area (Å²) in [6.07, 6.45) is 4.56. The van der Waals surface area contributed by atoms with Crippen molar-refractivity contribution < 1.29 is 8.42 Å². The molecule has 0 amide bonds. The molecule has 0 unspecified atom stereocenters. The predicted molar refractivity (Wildman–Crippen MR) is 82.2 cm³/mol. The summed E-state index contributed by atoms with van der Waals surface area (Å²) in [5.74, 6) is 0.916. The highest BCUT2D eigenvalue weighted by molar-refractivity contribution is 7.88. The summed E-state index contributed by atoms with van der Waals surface area (Å²) < 4.78 is 24.3. The average molecular weight is 335 g/mol. The lowest BCUT2D eigenvalue weighted by molar-refractivity contribution is 0.567. The van der Waals surface area contributed by atoms with Crippen molar-refractivity contribution in [2.24, 2.45) is 0 Å². The molecule has 0 atom stereocenters. The minimum atomic E-state index is -3.19. The third-order valence-electron chi connectivity index (χ3n) is 3.01. The third kappa shape index (κ3) is 5.60. The van der Waals surface area contributed by atoms with Crippen molar-refractivity contribution in [3.05, 3.63) is 5.28 Å². The Hall–Kier alpha value is -1.19. The van der Waals surface area contributed by atoms with Crippen LogP contribution in [0.15, 0.2) is 0 Å². The number of anilines is 2. The fraction of sp³-hybridized carbons (Fsp3) is 0.727. The van der Waals surface area contributed by atoms with Gasteiger partial charge in [0.15, 0.2) is 0 Å². The van der Waals surface area contributed by atoms with E-state index >= 15 is 0 Å². The summed E-state index contributed by atoms with van der Waals surface area (Å²) in [6, 6.07) is 0. The quantitative estimate of drug-likeness (QED) is 0.729. The van der Waals surface area contributed by atoms with Gasteiger partial charge in [-0.15, -0.1) is 0 Å². The molecular formula is C11H19ClN6O2S. The standard InChI is InChI=1S/C11H19ClN6O2S/c1-21(19,20)14-6-5-13-10-15-9(12)16-11(17-10)18-7-3-2-4-8-18/h14H,2-8H2,1H3,(H,13,15,16,17). The fourth-order valence-corrected chi connectivity index (χ4v) is 2.69. The zero-order valence-corrected chi connectivity index (χ0v) is 13.4. The minimum absolute atomic E-state index is 0.129. The van der Waals surface area contributed by atoms with Gasteiger partial charge in [-0.25, -0.2) is 13.1 Å². The smallest absolute Gasteiger partial charge is 0.231 e. The van der Waals surface area contributed by atoms with Gasteiger partial charge >= 0.3 is 0 Å². The minimum Gasteiger partial charge on any atom is -0.353 e. The number of nitrogens with zero attached hydrogens (tertiary/aromatic N) is 4. The molecular weight excluding hydrogens is 316 g/mol. The second-order valence-electron chi connectivity index (χ2n) is 4.87. The van der Waals surface area contributed by atoms with Crippen molar-refractivity contribution in [1.82, 2.24) is 19.7 Å². The van der Waals surface area contributed by atoms with Crippen LogP contribution in [-0.4, -0.2) is 55.8 Å². The Morgan fingerprint density at radius 3 is 2.52 bits per heavy atom. The van der Waals surface area contributed by atoms with Gasteiger partial charge in [0.1, 0.15) is 0 Å². The summed E-state index contributed by atoms with van der Waals surface area (Å²) in [4.78, 5) is 14.5. The van der Waals surface area contributed by atoms with Crippen molar-refractivity contribution >= 4 is 33.5 Å².